The summed E-state index contributed by atoms with van der Waals surface area (Å²) in [5, 5.41) is 0. The van der Waals surface area contributed by atoms with Crippen LogP contribution in [-0.2, 0) is 4.74 Å². The van der Waals surface area contributed by atoms with E-state index in [-0.39, 0.29) is 12.0 Å². The van der Waals surface area contributed by atoms with Crippen molar-refractivity contribution in [2.75, 3.05) is 13.1 Å². The van der Waals surface area contributed by atoms with Crippen molar-refractivity contribution in [3.8, 4) is 0 Å². The number of aldehydes is 1. The summed E-state index contributed by atoms with van der Waals surface area (Å²) < 4.78 is 10.4. The van der Waals surface area contributed by atoms with Gasteiger partial charge in [-0.3, -0.25) is 4.79 Å². The van der Waals surface area contributed by atoms with Crippen molar-refractivity contribution in [1.29, 1.82) is 0 Å². The van der Waals surface area contributed by atoms with Gasteiger partial charge < -0.3 is 14.1 Å². The van der Waals surface area contributed by atoms with Gasteiger partial charge in [0.05, 0.1) is 6.26 Å². The first-order valence-corrected chi connectivity index (χ1v) is 6.40. The van der Waals surface area contributed by atoms with E-state index in [9.17, 15) is 9.59 Å². The Morgan fingerprint density at radius 3 is 2.84 bits per heavy atom. The van der Waals surface area contributed by atoms with Crippen LogP contribution in [0.1, 0.15) is 49.2 Å². The largest absolute Gasteiger partial charge is 0.461 e. The molecule has 2 heterocycles. The second kappa shape index (κ2) is 5.07. The molecule has 1 amide bonds. The van der Waals surface area contributed by atoms with Gasteiger partial charge in [-0.15, -0.1) is 0 Å². The number of hydrogen-bond donors (Lipinski definition) is 0. The van der Waals surface area contributed by atoms with Crippen molar-refractivity contribution in [1.82, 2.24) is 4.90 Å². The molecule has 0 bridgehead atoms. The fourth-order valence-corrected chi connectivity index (χ4v) is 2.17. The molecular weight excluding hydrogens is 246 g/mol. The zero-order valence-electron chi connectivity index (χ0n) is 11.5. The summed E-state index contributed by atoms with van der Waals surface area (Å²) in [5.41, 5.74) is 0.489. The van der Waals surface area contributed by atoms with E-state index in [0.717, 1.165) is 12.0 Å². The number of amides is 1. The van der Waals surface area contributed by atoms with Crippen molar-refractivity contribution in [2.24, 2.45) is 0 Å². The summed E-state index contributed by atoms with van der Waals surface area (Å²) in [5.74, 6) is 0.538. The van der Waals surface area contributed by atoms with Crippen LogP contribution in [0.2, 0.25) is 0 Å². The Labute approximate surface area is 112 Å². The van der Waals surface area contributed by atoms with E-state index in [4.69, 9.17) is 9.15 Å². The molecule has 0 aromatic carbocycles. The predicted molar refractivity (Wildman–Crippen MR) is 69.3 cm³/mol. The maximum absolute atomic E-state index is 11.9. The lowest BCUT2D eigenvalue weighted by Gasteiger charge is -2.24. The second-order valence-corrected chi connectivity index (χ2v) is 5.81. The quantitative estimate of drug-likeness (QED) is 0.771. The molecule has 1 fully saturated rings. The van der Waals surface area contributed by atoms with Gasteiger partial charge in [0.25, 0.3) is 0 Å². The summed E-state index contributed by atoms with van der Waals surface area (Å²) >= 11 is 0. The third kappa shape index (κ3) is 3.36. The standard InChI is InChI=1S/C14H19NO4/c1-14(2,3)19-13(17)15-5-4-10(7-15)11-6-12(8-16)18-9-11/h6,8-10H,4-5,7H2,1-3H3. The first-order chi connectivity index (χ1) is 8.89. The zero-order valence-corrected chi connectivity index (χ0v) is 11.5. The van der Waals surface area contributed by atoms with E-state index < -0.39 is 5.60 Å². The first kappa shape index (κ1) is 13.6. The molecule has 1 aromatic heterocycles. The van der Waals surface area contributed by atoms with Gasteiger partial charge >= 0.3 is 6.09 Å². The average Bonchev–Trinajstić information content (AvgIpc) is 2.95. The molecule has 0 N–H and O–H groups in total. The number of rotatable bonds is 2. The molecule has 0 spiro atoms. The fraction of sp³-hybridized carbons (Fsp3) is 0.571. The molecule has 1 aliphatic rings. The highest BCUT2D eigenvalue weighted by Crippen LogP contribution is 2.29. The van der Waals surface area contributed by atoms with E-state index in [1.165, 1.54) is 0 Å². The van der Waals surface area contributed by atoms with Crippen LogP contribution in [-0.4, -0.2) is 36.0 Å². The molecule has 1 aliphatic heterocycles. The number of furan rings is 1. The highest BCUT2D eigenvalue weighted by molar-refractivity contribution is 5.71. The van der Waals surface area contributed by atoms with Gasteiger partial charge in [0, 0.05) is 19.0 Å². The lowest BCUT2D eigenvalue weighted by atomic mass is 10.0. The van der Waals surface area contributed by atoms with Gasteiger partial charge in [-0.05, 0) is 38.8 Å². The topological polar surface area (TPSA) is 59.8 Å². The Balaban J connectivity index is 1.96. The molecule has 1 atom stereocenters. The van der Waals surface area contributed by atoms with Crippen LogP contribution in [0.4, 0.5) is 4.79 Å². The molecule has 19 heavy (non-hydrogen) atoms. The zero-order chi connectivity index (χ0) is 14.0. The van der Waals surface area contributed by atoms with Gasteiger partial charge in [0.2, 0.25) is 0 Å². The van der Waals surface area contributed by atoms with Gasteiger partial charge in [-0.1, -0.05) is 0 Å². The Hall–Kier alpha value is -1.78. The smallest absolute Gasteiger partial charge is 0.410 e. The minimum atomic E-state index is -0.477. The molecule has 2 rings (SSSR count). The lowest BCUT2D eigenvalue weighted by Crippen LogP contribution is -2.35. The summed E-state index contributed by atoms with van der Waals surface area (Å²) in [7, 11) is 0. The molecule has 104 valence electrons. The van der Waals surface area contributed by atoms with Crippen LogP contribution >= 0.6 is 0 Å². The number of likely N-dealkylation sites (tertiary alicyclic amines) is 1. The second-order valence-electron chi connectivity index (χ2n) is 5.81. The minimum Gasteiger partial charge on any atom is -0.461 e. The Morgan fingerprint density at radius 1 is 1.53 bits per heavy atom. The summed E-state index contributed by atoms with van der Waals surface area (Å²) in [6.07, 6.45) is 2.85. The van der Waals surface area contributed by atoms with Crippen molar-refractivity contribution < 1.29 is 18.7 Å². The molecule has 5 heteroatoms. The normalized spacial score (nSPS) is 19.5. The van der Waals surface area contributed by atoms with Gasteiger partial charge in [0.15, 0.2) is 12.0 Å². The van der Waals surface area contributed by atoms with Gasteiger partial charge in [0.1, 0.15) is 5.60 Å². The average molecular weight is 265 g/mol. The molecule has 1 unspecified atom stereocenters. The van der Waals surface area contributed by atoms with Crippen LogP contribution in [0.3, 0.4) is 0 Å². The van der Waals surface area contributed by atoms with Crippen molar-refractivity contribution in [3.05, 3.63) is 23.7 Å². The van der Waals surface area contributed by atoms with Crippen LogP contribution < -0.4 is 0 Å². The predicted octanol–water partition coefficient (Wildman–Crippen LogP) is 2.82. The molecule has 5 nitrogen and oxygen atoms in total. The Morgan fingerprint density at radius 2 is 2.26 bits per heavy atom. The van der Waals surface area contributed by atoms with Crippen LogP contribution in [0.5, 0.6) is 0 Å². The third-order valence-electron chi connectivity index (χ3n) is 3.07. The molecule has 1 saturated heterocycles. The molecule has 0 radical (unpaired) electrons. The summed E-state index contributed by atoms with van der Waals surface area (Å²) in [6.45, 7) is 6.83. The van der Waals surface area contributed by atoms with Gasteiger partial charge in [-0.25, -0.2) is 4.79 Å². The van der Waals surface area contributed by atoms with Crippen LogP contribution in [0.15, 0.2) is 16.7 Å². The molecule has 0 saturated carbocycles. The maximum atomic E-state index is 11.9. The number of nitrogens with zero attached hydrogens (tertiary/aromatic N) is 1. The summed E-state index contributed by atoms with van der Waals surface area (Å²) in [4.78, 5) is 24.2. The van der Waals surface area contributed by atoms with Crippen LogP contribution in [0, 0.1) is 0 Å². The fourth-order valence-electron chi connectivity index (χ4n) is 2.17. The number of hydrogen-bond acceptors (Lipinski definition) is 4. The van der Waals surface area contributed by atoms with Crippen molar-refractivity contribution in [3.63, 3.8) is 0 Å². The van der Waals surface area contributed by atoms with Gasteiger partial charge in [-0.2, -0.15) is 0 Å². The summed E-state index contributed by atoms with van der Waals surface area (Å²) in [6, 6.07) is 1.73. The highest BCUT2D eigenvalue weighted by Gasteiger charge is 2.31. The highest BCUT2D eigenvalue weighted by atomic mass is 16.6. The van der Waals surface area contributed by atoms with E-state index in [1.807, 2.05) is 20.8 Å². The lowest BCUT2D eigenvalue weighted by molar-refractivity contribution is 0.0292. The monoisotopic (exact) mass is 265 g/mol. The minimum absolute atomic E-state index is 0.213. The third-order valence-corrected chi connectivity index (χ3v) is 3.07. The van der Waals surface area contributed by atoms with E-state index in [1.54, 1.807) is 17.2 Å². The SMILES string of the molecule is CC(C)(C)OC(=O)N1CCC(c2coc(C=O)c2)C1. The van der Waals surface area contributed by atoms with Crippen molar-refractivity contribution in [2.45, 2.75) is 38.7 Å². The molecular formula is C14H19NO4. The number of carbonyl (C=O) groups excluding carboxylic acids is 2. The molecule has 0 aliphatic carbocycles. The van der Waals surface area contributed by atoms with E-state index in [2.05, 4.69) is 0 Å². The van der Waals surface area contributed by atoms with Crippen molar-refractivity contribution >= 4 is 12.4 Å². The maximum Gasteiger partial charge on any atom is 0.410 e. The van der Waals surface area contributed by atoms with E-state index in [0.29, 0.717) is 25.1 Å². The Kier molecular flexibility index (Phi) is 3.64. The first-order valence-electron chi connectivity index (χ1n) is 6.40. The molecule has 1 aromatic rings. The Bertz CT molecular complexity index is 472. The number of ether oxygens (including phenoxy) is 1. The van der Waals surface area contributed by atoms with E-state index >= 15 is 0 Å². The number of carbonyl (C=O) groups is 2. The van der Waals surface area contributed by atoms with Crippen LogP contribution in [0.25, 0.3) is 0 Å².